The van der Waals surface area contributed by atoms with E-state index in [2.05, 4.69) is 15.4 Å². The summed E-state index contributed by atoms with van der Waals surface area (Å²) in [7, 11) is 0. The van der Waals surface area contributed by atoms with Gasteiger partial charge in [-0.15, -0.1) is 5.10 Å². The summed E-state index contributed by atoms with van der Waals surface area (Å²) in [5.74, 6) is -0.478. The lowest BCUT2D eigenvalue weighted by atomic mass is 10.1. The number of aromatic nitrogens is 3. The van der Waals surface area contributed by atoms with Crippen molar-refractivity contribution < 1.29 is 14.3 Å². The molecule has 0 fully saturated rings. The zero-order chi connectivity index (χ0) is 15.2. The van der Waals surface area contributed by atoms with Gasteiger partial charge in [0, 0.05) is 5.56 Å². The number of rotatable bonds is 6. The van der Waals surface area contributed by atoms with Crippen molar-refractivity contribution in [2.45, 2.75) is 33.5 Å². The van der Waals surface area contributed by atoms with E-state index in [9.17, 15) is 4.79 Å². The molecule has 0 unspecified atom stereocenters. The molecule has 1 aromatic heterocycles. The summed E-state index contributed by atoms with van der Waals surface area (Å²) in [6.07, 6.45) is 0.190. The van der Waals surface area contributed by atoms with Gasteiger partial charge < -0.3 is 9.47 Å². The molecular weight excluding hydrogens is 270 g/mol. The average molecular weight is 289 g/mol. The third-order valence-electron chi connectivity index (χ3n) is 2.83. The Hall–Kier alpha value is -2.21. The Morgan fingerprint density at radius 3 is 2.57 bits per heavy atom. The first kappa shape index (κ1) is 15.2. The third-order valence-corrected chi connectivity index (χ3v) is 2.83. The van der Waals surface area contributed by atoms with Gasteiger partial charge in [0.2, 0.25) is 0 Å². The van der Waals surface area contributed by atoms with Gasteiger partial charge in [-0.3, -0.25) is 0 Å². The molecule has 0 saturated carbocycles. The minimum absolute atomic E-state index is 0.190. The average Bonchev–Trinajstić information content (AvgIpc) is 2.95. The molecule has 2 rings (SSSR count). The third kappa shape index (κ3) is 3.88. The van der Waals surface area contributed by atoms with Crippen molar-refractivity contribution in [3.63, 3.8) is 0 Å². The number of benzene rings is 1. The second-order valence-electron chi connectivity index (χ2n) is 4.80. The van der Waals surface area contributed by atoms with Crippen LogP contribution < -0.4 is 0 Å². The Morgan fingerprint density at radius 1 is 1.24 bits per heavy atom. The number of esters is 1. The van der Waals surface area contributed by atoms with Gasteiger partial charge in [-0.2, -0.15) is 10.3 Å². The van der Waals surface area contributed by atoms with E-state index < -0.39 is 5.97 Å². The molecule has 0 saturated heterocycles. The van der Waals surface area contributed by atoms with Gasteiger partial charge in [0.05, 0.1) is 19.3 Å². The van der Waals surface area contributed by atoms with E-state index in [1.807, 2.05) is 38.1 Å². The van der Waals surface area contributed by atoms with Crippen molar-refractivity contribution in [2.75, 3.05) is 6.61 Å². The summed E-state index contributed by atoms with van der Waals surface area (Å²) >= 11 is 0. The smallest absolute Gasteiger partial charge is 0.361 e. The Bertz CT molecular complexity index is 590. The summed E-state index contributed by atoms with van der Waals surface area (Å²) in [5, 5.41) is 10.3. The van der Waals surface area contributed by atoms with E-state index in [4.69, 9.17) is 9.47 Å². The largest absolute Gasteiger partial charge is 0.461 e. The summed E-state index contributed by atoms with van der Waals surface area (Å²) in [6.45, 7) is 6.60. The molecule has 112 valence electrons. The van der Waals surface area contributed by atoms with E-state index in [0.717, 1.165) is 11.1 Å². The van der Waals surface area contributed by atoms with E-state index in [0.29, 0.717) is 18.9 Å². The standard InChI is InChI=1S/C15H19N3O3/c1-4-20-15(19)14-13(16-18-17-14)12-7-5-11(6-8-12)9-21-10(2)3/h5-8,10H,4,9H2,1-3H3,(H,16,17,18). The maximum absolute atomic E-state index is 11.8. The first-order chi connectivity index (χ1) is 10.1. The lowest BCUT2D eigenvalue weighted by Gasteiger charge is -2.08. The zero-order valence-electron chi connectivity index (χ0n) is 12.4. The molecule has 1 heterocycles. The molecule has 0 radical (unpaired) electrons. The molecule has 2 aromatic rings. The number of ether oxygens (including phenoxy) is 2. The fraction of sp³-hybridized carbons (Fsp3) is 0.400. The molecule has 0 atom stereocenters. The predicted molar refractivity (Wildman–Crippen MR) is 77.7 cm³/mol. The molecule has 21 heavy (non-hydrogen) atoms. The van der Waals surface area contributed by atoms with E-state index in [1.165, 1.54) is 0 Å². The SMILES string of the molecule is CCOC(=O)c1n[nH]nc1-c1ccc(COC(C)C)cc1. The van der Waals surface area contributed by atoms with Crippen LogP contribution in [0.25, 0.3) is 11.3 Å². The number of carbonyl (C=O) groups excluding carboxylic acids is 1. The highest BCUT2D eigenvalue weighted by molar-refractivity contribution is 5.93. The zero-order valence-corrected chi connectivity index (χ0v) is 12.4. The van der Waals surface area contributed by atoms with Crippen LogP contribution in [0.1, 0.15) is 36.8 Å². The van der Waals surface area contributed by atoms with Gasteiger partial charge in [0.25, 0.3) is 0 Å². The van der Waals surface area contributed by atoms with E-state index >= 15 is 0 Å². The van der Waals surface area contributed by atoms with Gasteiger partial charge in [-0.05, 0) is 26.3 Å². The lowest BCUT2D eigenvalue weighted by Crippen LogP contribution is -2.06. The van der Waals surface area contributed by atoms with Crippen LogP contribution >= 0.6 is 0 Å². The summed E-state index contributed by atoms with van der Waals surface area (Å²) in [5.41, 5.74) is 2.56. The number of hydrogen-bond acceptors (Lipinski definition) is 5. The quantitative estimate of drug-likeness (QED) is 0.827. The highest BCUT2D eigenvalue weighted by atomic mass is 16.5. The van der Waals surface area contributed by atoms with Gasteiger partial charge in [0.15, 0.2) is 5.69 Å². The minimum atomic E-state index is -0.478. The molecule has 1 N–H and O–H groups in total. The summed E-state index contributed by atoms with van der Waals surface area (Å²) in [4.78, 5) is 11.8. The van der Waals surface area contributed by atoms with Gasteiger partial charge >= 0.3 is 5.97 Å². The molecular formula is C15H19N3O3. The molecule has 1 aromatic carbocycles. The monoisotopic (exact) mass is 289 g/mol. The number of nitrogens with one attached hydrogen (secondary N) is 1. The van der Waals surface area contributed by atoms with Crippen LogP contribution in [-0.2, 0) is 16.1 Å². The molecule has 6 heteroatoms. The first-order valence-electron chi connectivity index (χ1n) is 6.90. The van der Waals surface area contributed by atoms with Gasteiger partial charge in [0.1, 0.15) is 5.69 Å². The van der Waals surface area contributed by atoms with Crippen molar-refractivity contribution in [1.82, 2.24) is 15.4 Å². The van der Waals surface area contributed by atoms with E-state index in [-0.39, 0.29) is 11.8 Å². The lowest BCUT2D eigenvalue weighted by molar-refractivity contribution is 0.0520. The number of H-pyrrole nitrogens is 1. The molecule has 0 amide bonds. The van der Waals surface area contributed by atoms with Crippen molar-refractivity contribution in [1.29, 1.82) is 0 Å². The van der Waals surface area contributed by atoms with Crippen LogP contribution in [0.3, 0.4) is 0 Å². The maximum atomic E-state index is 11.8. The van der Waals surface area contributed by atoms with Crippen molar-refractivity contribution in [3.05, 3.63) is 35.5 Å². The number of carbonyl (C=O) groups is 1. The number of aromatic amines is 1. The molecule has 6 nitrogen and oxygen atoms in total. The second-order valence-corrected chi connectivity index (χ2v) is 4.80. The minimum Gasteiger partial charge on any atom is -0.461 e. The van der Waals surface area contributed by atoms with Crippen LogP contribution in [0.4, 0.5) is 0 Å². The molecule has 0 aliphatic rings. The predicted octanol–water partition coefficient (Wildman–Crippen LogP) is 2.57. The molecule has 0 spiro atoms. The van der Waals surface area contributed by atoms with Gasteiger partial charge in [-0.1, -0.05) is 24.3 Å². The van der Waals surface area contributed by atoms with Crippen LogP contribution in [0.5, 0.6) is 0 Å². The Labute approximate surface area is 123 Å². The van der Waals surface area contributed by atoms with Crippen LogP contribution in [0.15, 0.2) is 24.3 Å². The highest BCUT2D eigenvalue weighted by Gasteiger charge is 2.18. The second kappa shape index (κ2) is 6.99. The van der Waals surface area contributed by atoms with Crippen molar-refractivity contribution in [3.8, 4) is 11.3 Å². The molecule has 0 bridgehead atoms. The number of nitrogens with zero attached hydrogens (tertiary/aromatic N) is 2. The Kier molecular flexibility index (Phi) is 5.05. The Morgan fingerprint density at radius 2 is 1.95 bits per heavy atom. The summed E-state index contributed by atoms with van der Waals surface area (Å²) < 4.78 is 10.5. The van der Waals surface area contributed by atoms with Crippen LogP contribution in [0.2, 0.25) is 0 Å². The van der Waals surface area contributed by atoms with Gasteiger partial charge in [-0.25, -0.2) is 4.79 Å². The highest BCUT2D eigenvalue weighted by Crippen LogP contribution is 2.21. The van der Waals surface area contributed by atoms with Crippen LogP contribution in [0, 0.1) is 0 Å². The molecule has 0 aliphatic heterocycles. The van der Waals surface area contributed by atoms with Crippen LogP contribution in [-0.4, -0.2) is 34.1 Å². The van der Waals surface area contributed by atoms with Crippen molar-refractivity contribution >= 4 is 5.97 Å². The van der Waals surface area contributed by atoms with Crippen molar-refractivity contribution in [2.24, 2.45) is 0 Å². The maximum Gasteiger partial charge on any atom is 0.361 e. The first-order valence-corrected chi connectivity index (χ1v) is 6.90. The van der Waals surface area contributed by atoms with E-state index in [1.54, 1.807) is 6.92 Å². The summed E-state index contributed by atoms with van der Waals surface area (Å²) in [6, 6.07) is 7.67. The normalized spacial score (nSPS) is 10.9. The fourth-order valence-corrected chi connectivity index (χ4v) is 1.80. The topological polar surface area (TPSA) is 77.1 Å². The fourth-order valence-electron chi connectivity index (χ4n) is 1.80. The molecule has 0 aliphatic carbocycles. The Balaban J connectivity index is 2.16. The number of hydrogen-bond donors (Lipinski definition) is 1.